The summed E-state index contributed by atoms with van der Waals surface area (Å²) in [4.78, 5) is 0. The van der Waals surface area contributed by atoms with E-state index < -0.39 is 12.2 Å². The Balaban J connectivity index is 2.17. The Morgan fingerprint density at radius 3 is 2.60 bits per heavy atom. The average molecular weight is 204 g/mol. The molecule has 80 valence electrons. The number of aliphatic hydroxyl groups is 2. The largest absolute Gasteiger partial charge is 0.392 e. The summed E-state index contributed by atoms with van der Waals surface area (Å²) in [5.41, 5.74) is 0.869. The second kappa shape index (κ2) is 4.60. The molecule has 1 aliphatic carbocycles. The zero-order chi connectivity index (χ0) is 10.7. The van der Waals surface area contributed by atoms with Gasteiger partial charge in [-0.1, -0.05) is 42.5 Å². The van der Waals surface area contributed by atoms with Gasteiger partial charge in [-0.3, -0.25) is 0 Å². The maximum atomic E-state index is 10.1. The third kappa shape index (κ3) is 2.28. The zero-order valence-corrected chi connectivity index (χ0v) is 8.58. The Bertz CT molecular complexity index is 332. The molecule has 1 aromatic rings. The van der Waals surface area contributed by atoms with Gasteiger partial charge in [0.15, 0.2) is 0 Å². The first-order valence-electron chi connectivity index (χ1n) is 5.37. The van der Waals surface area contributed by atoms with E-state index in [2.05, 4.69) is 0 Å². The molecule has 1 aromatic carbocycles. The van der Waals surface area contributed by atoms with Gasteiger partial charge in [-0.15, -0.1) is 0 Å². The normalized spacial score (nSPS) is 27.6. The van der Waals surface area contributed by atoms with Gasteiger partial charge >= 0.3 is 0 Å². The highest BCUT2D eigenvalue weighted by Gasteiger charge is 2.27. The number of hydrogen-bond donors (Lipinski definition) is 2. The Kier molecular flexibility index (Phi) is 3.19. The van der Waals surface area contributed by atoms with E-state index in [1.165, 1.54) is 0 Å². The monoisotopic (exact) mass is 204 g/mol. The van der Waals surface area contributed by atoms with Crippen LogP contribution < -0.4 is 0 Å². The molecule has 1 aliphatic rings. The zero-order valence-electron chi connectivity index (χ0n) is 8.58. The molecule has 2 nitrogen and oxygen atoms in total. The lowest BCUT2D eigenvalue weighted by molar-refractivity contribution is 0.0279. The Labute approximate surface area is 89.9 Å². The first-order chi connectivity index (χ1) is 7.29. The minimum absolute atomic E-state index is 0.166. The minimum atomic E-state index is -0.599. The van der Waals surface area contributed by atoms with Crippen LogP contribution >= 0.6 is 0 Å². The maximum absolute atomic E-state index is 10.1. The summed E-state index contributed by atoms with van der Waals surface area (Å²) >= 11 is 0. The molecule has 0 aromatic heterocycles. The summed E-state index contributed by atoms with van der Waals surface area (Å²) in [7, 11) is 0. The molecule has 0 heterocycles. The molecular weight excluding hydrogens is 188 g/mol. The standard InChI is InChI=1S/C13H16O2/c14-12-9-5-4-8-11(12)13(15)10-6-2-1-3-7-10/h1-4,6-8,11-15H,5,9H2/t11-,12-,13+/m0/s1. The summed E-state index contributed by atoms with van der Waals surface area (Å²) in [6.45, 7) is 0. The lowest BCUT2D eigenvalue weighted by Crippen LogP contribution is -2.27. The maximum Gasteiger partial charge on any atom is 0.0877 e. The van der Waals surface area contributed by atoms with Gasteiger partial charge in [-0.25, -0.2) is 0 Å². The van der Waals surface area contributed by atoms with E-state index in [1.54, 1.807) is 0 Å². The van der Waals surface area contributed by atoms with Crippen LogP contribution in [0, 0.1) is 5.92 Å². The quantitative estimate of drug-likeness (QED) is 0.724. The number of hydrogen-bond acceptors (Lipinski definition) is 2. The highest BCUT2D eigenvalue weighted by atomic mass is 16.3. The molecule has 0 fully saturated rings. The number of aliphatic hydroxyl groups excluding tert-OH is 2. The predicted octanol–water partition coefficient (Wildman–Crippen LogP) is 2.05. The van der Waals surface area contributed by atoms with E-state index in [-0.39, 0.29) is 5.92 Å². The molecule has 0 unspecified atom stereocenters. The lowest BCUT2D eigenvalue weighted by atomic mass is 9.85. The third-order valence-electron chi connectivity index (χ3n) is 2.94. The summed E-state index contributed by atoms with van der Waals surface area (Å²) in [6.07, 6.45) is 4.57. The van der Waals surface area contributed by atoms with Gasteiger partial charge < -0.3 is 10.2 Å². The molecule has 3 atom stereocenters. The summed E-state index contributed by atoms with van der Waals surface area (Å²) in [5.74, 6) is -0.166. The highest BCUT2D eigenvalue weighted by molar-refractivity contribution is 5.20. The fraction of sp³-hybridized carbons (Fsp3) is 0.385. The van der Waals surface area contributed by atoms with Crippen molar-refractivity contribution in [1.29, 1.82) is 0 Å². The molecule has 15 heavy (non-hydrogen) atoms. The number of benzene rings is 1. The van der Waals surface area contributed by atoms with Crippen LogP contribution in [0.2, 0.25) is 0 Å². The van der Waals surface area contributed by atoms with Gasteiger partial charge in [-0.05, 0) is 18.4 Å². The molecule has 0 aliphatic heterocycles. The number of allylic oxidation sites excluding steroid dienone is 1. The van der Waals surface area contributed by atoms with E-state index >= 15 is 0 Å². The van der Waals surface area contributed by atoms with Crippen LogP contribution in [0.15, 0.2) is 42.5 Å². The van der Waals surface area contributed by atoms with Crippen LogP contribution in [0.3, 0.4) is 0 Å². The van der Waals surface area contributed by atoms with Gasteiger partial charge in [0.05, 0.1) is 12.2 Å². The topological polar surface area (TPSA) is 40.5 Å². The molecule has 0 bridgehead atoms. The Hall–Kier alpha value is -1.12. The van der Waals surface area contributed by atoms with Crippen molar-refractivity contribution in [3.8, 4) is 0 Å². The first kappa shape index (κ1) is 10.4. The van der Waals surface area contributed by atoms with Crippen LogP contribution in [0.1, 0.15) is 24.5 Å². The van der Waals surface area contributed by atoms with Gasteiger partial charge in [0.1, 0.15) is 0 Å². The third-order valence-corrected chi connectivity index (χ3v) is 2.94. The lowest BCUT2D eigenvalue weighted by Gasteiger charge is -2.27. The SMILES string of the molecule is O[C@H](c1ccccc1)[C@H]1C=CCC[C@@H]1O. The average Bonchev–Trinajstić information content (AvgIpc) is 2.30. The second-order valence-electron chi connectivity index (χ2n) is 4.01. The van der Waals surface area contributed by atoms with Crippen molar-refractivity contribution in [2.45, 2.75) is 25.0 Å². The van der Waals surface area contributed by atoms with Crippen LogP contribution in [0.25, 0.3) is 0 Å². The fourth-order valence-electron chi connectivity index (χ4n) is 2.03. The van der Waals surface area contributed by atoms with Crippen LogP contribution in [0.4, 0.5) is 0 Å². The van der Waals surface area contributed by atoms with Crippen molar-refractivity contribution < 1.29 is 10.2 Å². The van der Waals surface area contributed by atoms with Gasteiger partial charge in [0, 0.05) is 5.92 Å². The van der Waals surface area contributed by atoms with Gasteiger partial charge in [-0.2, -0.15) is 0 Å². The minimum Gasteiger partial charge on any atom is -0.392 e. The molecular formula is C13H16O2. The molecule has 2 heteroatoms. The second-order valence-corrected chi connectivity index (χ2v) is 4.01. The van der Waals surface area contributed by atoms with Crippen LogP contribution in [-0.4, -0.2) is 16.3 Å². The molecule has 0 saturated heterocycles. The highest BCUT2D eigenvalue weighted by Crippen LogP contribution is 2.30. The fourth-order valence-corrected chi connectivity index (χ4v) is 2.03. The number of rotatable bonds is 2. The van der Waals surface area contributed by atoms with E-state index in [1.807, 2.05) is 42.5 Å². The van der Waals surface area contributed by atoms with Crippen molar-refractivity contribution in [1.82, 2.24) is 0 Å². The smallest absolute Gasteiger partial charge is 0.0877 e. The van der Waals surface area contributed by atoms with E-state index in [4.69, 9.17) is 0 Å². The summed E-state index contributed by atoms with van der Waals surface area (Å²) in [5, 5.41) is 19.9. The molecule has 0 saturated carbocycles. The first-order valence-corrected chi connectivity index (χ1v) is 5.37. The van der Waals surface area contributed by atoms with Crippen molar-refractivity contribution in [3.63, 3.8) is 0 Å². The van der Waals surface area contributed by atoms with Gasteiger partial charge in [0.25, 0.3) is 0 Å². The molecule has 0 amide bonds. The molecule has 2 rings (SSSR count). The van der Waals surface area contributed by atoms with Crippen LogP contribution in [-0.2, 0) is 0 Å². The predicted molar refractivity (Wildman–Crippen MR) is 59.3 cm³/mol. The van der Waals surface area contributed by atoms with E-state index in [0.29, 0.717) is 0 Å². The molecule has 0 radical (unpaired) electrons. The van der Waals surface area contributed by atoms with Crippen LogP contribution in [0.5, 0.6) is 0 Å². The summed E-state index contributed by atoms with van der Waals surface area (Å²) in [6, 6.07) is 9.50. The molecule has 2 N–H and O–H groups in total. The van der Waals surface area contributed by atoms with Gasteiger partial charge in [0.2, 0.25) is 0 Å². The van der Waals surface area contributed by atoms with Crippen molar-refractivity contribution in [2.75, 3.05) is 0 Å². The van der Waals surface area contributed by atoms with Crippen molar-refractivity contribution in [2.24, 2.45) is 5.92 Å². The van der Waals surface area contributed by atoms with E-state index in [0.717, 1.165) is 18.4 Å². The van der Waals surface area contributed by atoms with Crippen molar-refractivity contribution >= 4 is 0 Å². The Morgan fingerprint density at radius 1 is 1.20 bits per heavy atom. The molecule has 0 spiro atoms. The van der Waals surface area contributed by atoms with E-state index in [9.17, 15) is 10.2 Å². The Morgan fingerprint density at radius 2 is 1.93 bits per heavy atom. The van der Waals surface area contributed by atoms with Crippen molar-refractivity contribution in [3.05, 3.63) is 48.0 Å². The summed E-state index contributed by atoms with van der Waals surface area (Å²) < 4.78 is 0.